The van der Waals surface area contributed by atoms with Crippen LogP contribution in [0.5, 0.6) is 0 Å². The maximum atomic E-state index is 11.5. The summed E-state index contributed by atoms with van der Waals surface area (Å²) >= 11 is 0. The van der Waals surface area contributed by atoms with Crippen molar-refractivity contribution in [1.82, 2.24) is 5.32 Å². The van der Waals surface area contributed by atoms with Crippen LogP contribution in [-0.4, -0.2) is 21.5 Å². The number of rotatable bonds is 1. The molecular formula is C10H10N2O3S. The number of anilines is 1. The monoisotopic (exact) mass is 238 g/mol. The van der Waals surface area contributed by atoms with Gasteiger partial charge in [0.25, 0.3) is 0 Å². The fourth-order valence-electron chi connectivity index (χ4n) is 1.43. The normalized spacial score (nSPS) is 15.6. The number of hydrogen-bond acceptors (Lipinski definition) is 3. The van der Waals surface area contributed by atoms with Crippen molar-refractivity contribution in [3.05, 3.63) is 29.2 Å². The van der Waals surface area contributed by atoms with Crippen molar-refractivity contribution in [2.24, 2.45) is 0 Å². The molecule has 1 aromatic carbocycles. The van der Waals surface area contributed by atoms with Gasteiger partial charge in [-0.15, -0.1) is 0 Å². The molecule has 0 unspecified atom stereocenters. The molecule has 2 amide bonds. The van der Waals surface area contributed by atoms with E-state index in [2.05, 4.69) is 10.6 Å². The highest BCUT2D eigenvalue weighted by Gasteiger charge is 2.20. The van der Waals surface area contributed by atoms with Gasteiger partial charge in [-0.1, -0.05) is 6.07 Å². The zero-order valence-electron chi connectivity index (χ0n) is 8.52. The maximum Gasteiger partial charge on any atom is 0.318 e. The number of urea groups is 1. The van der Waals surface area contributed by atoms with Gasteiger partial charge in [-0.25, -0.2) is 13.2 Å². The summed E-state index contributed by atoms with van der Waals surface area (Å²) in [5.41, 5.74) is 1.09. The number of nitrogens with one attached hydrogen (secondary N) is 2. The van der Waals surface area contributed by atoms with Crippen LogP contribution in [0.4, 0.5) is 10.5 Å². The van der Waals surface area contributed by atoms with Crippen LogP contribution in [0.1, 0.15) is 5.56 Å². The summed E-state index contributed by atoms with van der Waals surface area (Å²) in [5, 5.41) is 6.06. The third-order valence-electron chi connectivity index (χ3n) is 2.23. The first-order chi connectivity index (χ1) is 7.53. The Bertz CT molecular complexity index is 576. The smallest absolute Gasteiger partial charge is 0.318 e. The zero-order valence-corrected chi connectivity index (χ0v) is 9.34. The summed E-state index contributed by atoms with van der Waals surface area (Å²) in [5.74, 6) is 0. The first kappa shape index (κ1) is 10.7. The minimum atomic E-state index is -3.32. The van der Waals surface area contributed by atoms with Gasteiger partial charge in [0.2, 0.25) is 9.84 Å². The molecule has 1 aliphatic rings. The second-order valence-corrected chi connectivity index (χ2v) is 5.11. The van der Waals surface area contributed by atoms with Gasteiger partial charge in [0.15, 0.2) is 0 Å². The van der Waals surface area contributed by atoms with E-state index >= 15 is 0 Å². The second kappa shape index (κ2) is 3.64. The molecule has 0 saturated heterocycles. The zero-order chi connectivity index (χ0) is 11.8. The lowest BCUT2D eigenvalue weighted by molar-refractivity contribution is 0.254. The quantitative estimate of drug-likeness (QED) is 0.771. The molecule has 0 spiro atoms. The number of carbonyl (C=O) groups is 1. The van der Waals surface area contributed by atoms with Gasteiger partial charge in [0.05, 0.1) is 4.90 Å². The molecule has 6 heteroatoms. The van der Waals surface area contributed by atoms with Gasteiger partial charge in [-0.2, -0.15) is 0 Å². The first-order valence-corrected chi connectivity index (χ1v) is 6.13. The SMILES string of the molecule is CNC(=O)Nc1ccc2c(c1)S(=O)(=O)C=C2. The fourth-order valence-corrected chi connectivity index (χ4v) is 2.65. The molecule has 1 aromatic rings. The van der Waals surface area contributed by atoms with E-state index in [0.29, 0.717) is 11.3 Å². The van der Waals surface area contributed by atoms with Crippen molar-refractivity contribution in [2.45, 2.75) is 4.90 Å². The van der Waals surface area contributed by atoms with Crippen LogP contribution in [0.25, 0.3) is 6.08 Å². The highest BCUT2D eigenvalue weighted by molar-refractivity contribution is 7.94. The Balaban J connectivity index is 2.38. The van der Waals surface area contributed by atoms with Crippen molar-refractivity contribution >= 4 is 27.6 Å². The highest BCUT2D eigenvalue weighted by Crippen LogP contribution is 2.29. The van der Waals surface area contributed by atoms with Crippen molar-refractivity contribution < 1.29 is 13.2 Å². The largest absolute Gasteiger partial charge is 0.341 e. The van der Waals surface area contributed by atoms with E-state index in [0.717, 1.165) is 5.41 Å². The number of amides is 2. The molecule has 0 radical (unpaired) electrons. The fraction of sp³-hybridized carbons (Fsp3) is 0.100. The molecule has 2 rings (SSSR count). The average Bonchev–Trinajstić information content (AvgIpc) is 2.55. The summed E-state index contributed by atoms with van der Waals surface area (Å²) in [6.45, 7) is 0. The van der Waals surface area contributed by atoms with E-state index in [-0.39, 0.29) is 10.9 Å². The van der Waals surface area contributed by atoms with E-state index in [1.165, 1.54) is 19.2 Å². The lowest BCUT2D eigenvalue weighted by Gasteiger charge is -2.06. The van der Waals surface area contributed by atoms with Gasteiger partial charge in [0, 0.05) is 18.1 Å². The third-order valence-corrected chi connectivity index (χ3v) is 3.69. The number of sulfone groups is 1. The molecule has 0 aromatic heterocycles. The number of benzene rings is 1. The minimum Gasteiger partial charge on any atom is -0.341 e. The standard InChI is InChI=1S/C10H10N2O3S/c1-11-10(13)12-8-3-2-7-4-5-16(14,15)9(7)6-8/h2-6H,1H3,(H2,11,12,13). The van der Waals surface area contributed by atoms with Crippen LogP contribution in [0.3, 0.4) is 0 Å². The van der Waals surface area contributed by atoms with Gasteiger partial charge in [0.1, 0.15) is 0 Å². The molecule has 0 bridgehead atoms. The molecule has 84 valence electrons. The predicted molar refractivity (Wildman–Crippen MR) is 60.7 cm³/mol. The number of fused-ring (bicyclic) bond motifs is 1. The Morgan fingerprint density at radius 2 is 2.06 bits per heavy atom. The Morgan fingerprint density at radius 3 is 2.75 bits per heavy atom. The summed E-state index contributed by atoms with van der Waals surface area (Å²) in [4.78, 5) is 11.3. The van der Waals surface area contributed by atoms with Crippen LogP contribution in [-0.2, 0) is 9.84 Å². The molecule has 0 saturated carbocycles. The molecule has 0 atom stereocenters. The van der Waals surface area contributed by atoms with Gasteiger partial charge in [-0.3, -0.25) is 0 Å². The predicted octanol–water partition coefficient (Wildman–Crippen LogP) is 1.20. The van der Waals surface area contributed by atoms with Gasteiger partial charge in [-0.05, 0) is 23.8 Å². The Kier molecular flexibility index (Phi) is 2.43. The Hall–Kier alpha value is -1.82. The average molecular weight is 238 g/mol. The molecule has 1 heterocycles. The number of hydrogen-bond donors (Lipinski definition) is 2. The van der Waals surface area contributed by atoms with Crippen LogP contribution in [0.15, 0.2) is 28.5 Å². The summed E-state index contributed by atoms with van der Waals surface area (Å²) in [7, 11) is -1.84. The van der Waals surface area contributed by atoms with Crippen molar-refractivity contribution in [3.63, 3.8) is 0 Å². The van der Waals surface area contributed by atoms with Crippen LogP contribution in [0, 0.1) is 0 Å². The highest BCUT2D eigenvalue weighted by atomic mass is 32.2. The van der Waals surface area contributed by atoms with Gasteiger partial charge < -0.3 is 10.6 Å². The first-order valence-electron chi connectivity index (χ1n) is 4.59. The third kappa shape index (κ3) is 1.79. The molecule has 2 N–H and O–H groups in total. The Labute approximate surface area is 93.1 Å². The van der Waals surface area contributed by atoms with E-state index in [1.807, 2.05) is 0 Å². The van der Waals surface area contributed by atoms with Crippen LogP contribution < -0.4 is 10.6 Å². The Morgan fingerprint density at radius 1 is 1.31 bits per heavy atom. The topological polar surface area (TPSA) is 75.3 Å². The van der Waals surface area contributed by atoms with E-state index in [1.54, 1.807) is 12.1 Å². The summed E-state index contributed by atoms with van der Waals surface area (Å²) in [6.07, 6.45) is 1.54. The molecule has 0 aliphatic carbocycles. The van der Waals surface area contributed by atoms with E-state index in [9.17, 15) is 13.2 Å². The molecular weight excluding hydrogens is 228 g/mol. The lowest BCUT2D eigenvalue weighted by Crippen LogP contribution is -2.24. The second-order valence-electron chi connectivity index (χ2n) is 3.30. The van der Waals surface area contributed by atoms with Gasteiger partial charge >= 0.3 is 6.03 Å². The lowest BCUT2D eigenvalue weighted by atomic mass is 10.2. The molecule has 16 heavy (non-hydrogen) atoms. The molecule has 0 fully saturated rings. The maximum absolute atomic E-state index is 11.5. The van der Waals surface area contributed by atoms with Crippen LogP contribution in [0.2, 0.25) is 0 Å². The van der Waals surface area contributed by atoms with E-state index < -0.39 is 9.84 Å². The van der Waals surface area contributed by atoms with E-state index in [4.69, 9.17) is 0 Å². The summed E-state index contributed by atoms with van der Waals surface area (Å²) in [6, 6.07) is 4.36. The number of carbonyl (C=O) groups excluding carboxylic acids is 1. The molecule has 1 aliphatic heterocycles. The van der Waals surface area contributed by atoms with Crippen molar-refractivity contribution in [1.29, 1.82) is 0 Å². The minimum absolute atomic E-state index is 0.224. The van der Waals surface area contributed by atoms with Crippen LogP contribution >= 0.6 is 0 Å². The molecule has 5 nitrogen and oxygen atoms in total. The van der Waals surface area contributed by atoms with Crippen molar-refractivity contribution in [2.75, 3.05) is 12.4 Å². The van der Waals surface area contributed by atoms with Crippen molar-refractivity contribution in [3.8, 4) is 0 Å². The summed E-state index contributed by atoms with van der Waals surface area (Å²) < 4.78 is 23.1.